The highest BCUT2D eigenvalue weighted by atomic mass is 16.5. The number of ether oxygens (including phenoxy) is 1. The van der Waals surface area contributed by atoms with Crippen molar-refractivity contribution in [3.05, 3.63) is 42.0 Å². The largest absolute Gasteiger partial charge is 0.481 e. The quantitative estimate of drug-likeness (QED) is 0.634. The molecule has 3 fully saturated rings. The van der Waals surface area contributed by atoms with Gasteiger partial charge in [0, 0.05) is 18.8 Å². The van der Waals surface area contributed by atoms with Crippen LogP contribution in [0.4, 0.5) is 5.69 Å². The summed E-state index contributed by atoms with van der Waals surface area (Å²) < 4.78 is 6.16. The van der Waals surface area contributed by atoms with Crippen LogP contribution in [0, 0.1) is 25.7 Å². The van der Waals surface area contributed by atoms with Gasteiger partial charge in [0.25, 0.3) is 5.91 Å². The van der Waals surface area contributed by atoms with Crippen LogP contribution in [-0.2, 0) is 19.1 Å². The van der Waals surface area contributed by atoms with Gasteiger partial charge < -0.3 is 24.7 Å². The number of likely N-dealkylation sites (tertiary alicyclic amines) is 1. The number of carboxylic acids is 1. The molecule has 1 aromatic carbocycles. The highest BCUT2D eigenvalue weighted by Gasteiger charge is 2.74. The molecule has 8 nitrogen and oxygen atoms in total. The zero-order valence-corrected chi connectivity index (χ0v) is 17.8. The van der Waals surface area contributed by atoms with E-state index in [1.807, 2.05) is 32.0 Å². The molecule has 0 radical (unpaired) electrons. The monoisotopic (exact) mass is 428 g/mol. The molecule has 0 aromatic heterocycles. The third kappa shape index (κ3) is 3.00. The minimum absolute atomic E-state index is 0.0530. The molecule has 0 aliphatic carbocycles. The van der Waals surface area contributed by atoms with Crippen molar-refractivity contribution in [3.8, 4) is 0 Å². The molecule has 3 aliphatic rings. The number of rotatable bonds is 7. The first-order valence-corrected chi connectivity index (χ1v) is 10.6. The predicted molar refractivity (Wildman–Crippen MR) is 113 cm³/mol. The minimum Gasteiger partial charge on any atom is -0.481 e. The van der Waals surface area contributed by atoms with Gasteiger partial charge in [0.1, 0.15) is 11.6 Å². The van der Waals surface area contributed by atoms with Crippen LogP contribution in [0.1, 0.15) is 24.0 Å². The average molecular weight is 428 g/mol. The molecule has 3 heterocycles. The summed E-state index contributed by atoms with van der Waals surface area (Å²) in [6.07, 6.45) is 1.97. The molecule has 1 aromatic rings. The summed E-state index contributed by atoms with van der Waals surface area (Å²) >= 11 is 0. The number of aliphatic carboxylic acids is 1. The highest BCUT2D eigenvalue weighted by Crippen LogP contribution is 2.58. The normalized spacial score (nSPS) is 31.1. The third-order valence-electron chi connectivity index (χ3n) is 6.95. The number of fused-ring (bicyclic) bond motifs is 1. The number of carbonyl (C=O) groups is 3. The second kappa shape index (κ2) is 7.76. The fraction of sp³-hybridized carbons (Fsp3) is 0.522. The van der Waals surface area contributed by atoms with E-state index in [9.17, 15) is 24.6 Å². The lowest BCUT2D eigenvalue weighted by Gasteiger charge is -2.37. The number of aliphatic hydroxyl groups is 1. The summed E-state index contributed by atoms with van der Waals surface area (Å²) in [7, 11) is 0. The first kappa shape index (κ1) is 21.5. The van der Waals surface area contributed by atoms with Gasteiger partial charge in [-0.15, -0.1) is 6.58 Å². The second-order valence-electron chi connectivity index (χ2n) is 8.63. The number of aryl methyl sites for hydroxylation is 2. The van der Waals surface area contributed by atoms with Gasteiger partial charge in [-0.3, -0.25) is 14.4 Å². The zero-order chi connectivity index (χ0) is 22.5. The summed E-state index contributed by atoms with van der Waals surface area (Å²) in [4.78, 5) is 42.3. The Labute approximate surface area is 181 Å². The van der Waals surface area contributed by atoms with Gasteiger partial charge in [0.2, 0.25) is 5.91 Å². The number of benzene rings is 1. The van der Waals surface area contributed by atoms with Crippen molar-refractivity contribution in [2.45, 2.75) is 44.4 Å². The number of anilines is 1. The molecular formula is C23H28N2O6. The molecule has 0 saturated carbocycles. The molecule has 3 saturated heterocycles. The lowest BCUT2D eigenvalue weighted by molar-refractivity contribution is -0.149. The lowest BCUT2D eigenvalue weighted by atomic mass is 9.70. The number of nitrogens with zero attached hydrogens (tertiary/aromatic N) is 2. The Balaban J connectivity index is 1.82. The van der Waals surface area contributed by atoms with Crippen LogP contribution >= 0.6 is 0 Å². The standard InChI is InChI=1S/C23H28N2O6/c1-4-10-24(18-13(2)6-5-7-14(18)3)21(28)19-23-9-8-15(31-23)16(22(29)30)17(23)20(27)25(19)11-12-26/h4-7,15-17,19,26H,1,8-12H2,2-3H3,(H,29,30)/t15-,16+,17+,19-,23+/m0/s1. The number of hydrogen-bond donors (Lipinski definition) is 2. The van der Waals surface area contributed by atoms with Gasteiger partial charge in [0.15, 0.2) is 0 Å². The van der Waals surface area contributed by atoms with E-state index >= 15 is 0 Å². The van der Waals surface area contributed by atoms with Gasteiger partial charge in [0.05, 0.1) is 24.5 Å². The Morgan fingerprint density at radius 3 is 2.61 bits per heavy atom. The van der Waals surface area contributed by atoms with Crippen molar-refractivity contribution in [1.29, 1.82) is 0 Å². The molecule has 2 N–H and O–H groups in total. The van der Waals surface area contributed by atoms with Crippen LogP contribution < -0.4 is 4.90 Å². The first-order valence-electron chi connectivity index (χ1n) is 10.6. The number of β-amino-alcohol motifs (C(OH)–C–C–N with tert-alkyl or cyclic N) is 1. The fourth-order valence-electron chi connectivity index (χ4n) is 5.86. The highest BCUT2D eigenvalue weighted by molar-refractivity contribution is 6.05. The van der Waals surface area contributed by atoms with E-state index in [0.717, 1.165) is 16.8 Å². The minimum atomic E-state index is -1.19. The van der Waals surface area contributed by atoms with E-state index in [2.05, 4.69) is 6.58 Å². The Morgan fingerprint density at radius 1 is 1.35 bits per heavy atom. The van der Waals surface area contributed by atoms with E-state index in [1.165, 1.54) is 4.90 Å². The molecule has 166 valence electrons. The maximum absolute atomic E-state index is 14.0. The Kier molecular flexibility index (Phi) is 5.39. The van der Waals surface area contributed by atoms with E-state index in [1.54, 1.807) is 11.0 Å². The number of amides is 2. The van der Waals surface area contributed by atoms with E-state index < -0.39 is 41.5 Å². The summed E-state index contributed by atoms with van der Waals surface area (Å²) in [5, 5.41) is 19.4. The van der Waals surface area contributed by atoms with Crippen LogP contribution in [0.2, 0.25) is 0 Å². The van der Waals surface area contributed by atoms with Crippen molar-refractivity contribution >= 4 is 23.5 Å². The fourth-order valence-corrected chi connectivity index (χ4v) is 5.86. The maximum Gasteiger partial charge on any atom is 0.310 e. The van der Waals surface area contributed by atoms with Crippen LogP contribution in [0.25, 0.3) is 0 Å². The molecule has 4 rings (SSSR count). The number of hydrogen-bond acceptors (Lipinski definition) is 5. The molecule has 8 heteroatoms. The van der Waals surface area contributed by atoms with Crippen LogP contribution in [-0.4, -0.2) is 70.3 Å². The number of aliphatic hydroxyl groups excluding tert-OH is 1. The van der Waals surface area contributed by atoms with Crippen molar-refractivity contribution in [2.75, 3.05) is 24.6 Å². The zero-order valence-electron chi connectivity index (χ0n) is 17.8. The maximum atomic E-state index is 14.0. The number of carbonyl (C=O) groups excluding carboxylic acids is 2. The number of para-hydroxylation sites is 1. The van der Waals surface area contributed by atoms with Gasteiger partial charge >= 0.3 is 5.97 Å². The molecule has 5 atom stereocenters. The van der Waals surface area contributed by atoms with E-state index in [4.69, 9.17) is 4.74 Å². The van der Waals surface area contributed by atoms with Gasteiger partial charge in [-0.05, 0) is 37.8 Å². The van der Waals surface area contributed by atoms with E-state index in [-0.39, 0.29) is 25.6 Å². The van der Waals surface area contributed by atoms with Crippen molar-refractivity contribution < 1.29 is 29.3 Å². The second-order valence-corrected chi connectivity index (χ2v) is 8.63. The first-order chi connectivity index (χ1) is 14.8. The summed E-state index contributed by atoms with van der Waals surface area (Å²) in [6.45, 7) is 7.46. The topological polar surface area (TPSA) is 107 Å². The molecule has 3 aliphatic heterocycles. The predicted octanol–water partition coefficient (Wildman–Crippen LogP) is 1.27. The van der Waals surface area contributed by atoms with Crippen LogP contribution in [0.5, 0.6) is 0 Å². The molecule has 0 unspecified atom stereocenters. The average Bonchev–Trinajstić information content (AvgIpc) is 3.35. The smallest absolute Gasteiger partial charge is 0.310 e. The Hall–Kier alpha value is -2.71. The molecule has 2 amide bonds. The number of carboxylic acid groups (broad SMARTS) is 1. The molecule has 1 spiro atoms. The summed E-state index contributed by atoms with van der Waals surface area (Å²) in [6, 6.07) is 4.74. The lowest BCUT2D eigenvalue weighted by Crippen LogP contribution is -2.57. The van der Waals surface area contributed by atoms with Crippen molar-refractivity contribution in [3.63, 3.8) is 0 Å². The Bertz CT molecular complexity index is 926. The van der Waals surface area contributed by atoms with Crippen LogP contribution in [0.3, 0.4) is 0 Å². The van der Waals surface area contributed by atoms with Gasteiger partial charge in [-0.2, -0.15) is 0 Å². The Morgan fingerprint density at radius 2 is 2.03 bits per heavy atom. The van der Waals surface area contributed by atoms with Gasteiger partial charge in [-0.1, -0.05) is 24.3 Å². The third-order valence-corrected chi connectivity index (χ3v) is 6.95. The molecule has 31 heavy (non-hydrogen) atoms. The summed E-state index contributed by atoms with van der Waals surface area (Å²) in [5.74, 6) is -3.75. The van der Waals surface area contributed by atoms with Crippen molar-refractivity contribution in [1.82, 2.24) is 4.90 Å². The summed E-state index contributed by atoms with van der Waals surface area (Å²) in [5.41, 5.74) is 1.36. The molecule has 2 bridgehead atoms. The SMILES string of the molecule is C=CCN(C(=O)[C@@H]1N(CCO)C(=O)[C@H]2[C@H](C(=O)O)[C@@H]3CC[C@]12O3)c1c(C)cccc1C. The molecular weight excluding hydrogens is 400 g/mol. The van der Waals surface area contributed by atoms with Gasteiger partial charge in [-0.25, -0.2) is 0 Å². The van der Waals surface area contributed by atoms with Crippen LogP contribution in [0.15, 0.2) is 30.9 Å². The van der Waals surface area contributed by atoms with Crippen molar-refractivity contribution in [2.24, 2.45) is 11.8 Å². The van der Waals surface area contributed by atoms with E-state index in [0.29, 0.717) is 12.8 Å².